The topological polar surface area (TPSA) is 15.3 Å². The lowest BCUT2D eigenvalue weighted by molar-refractivity contribution is 0.235. The van der Waals surface area contributed by atoms with Crippen molar-refractivity contribution >= 4 is 5.69 Å². The van der Waals surface area contributed by atoms with E-state index in [0.717, 1.165) is 19.0 Å². The van der Waals surface area contributed by atoms with E-state index < -0.39 is 0 Å². The number of hydrogen-bond donors (Lipinski definition) is 1. The molecular weight excluding hydrogens is 220 g/mol. The Morgan fingerprint density at radius 3 is 2.83 bits per heavy atom. The second-order valence-corrected chi connectivity index (χ2v) is 5.53. The summed E-state index contributed by atoms with van der Waals surface area (Å²) in [6.07, 6.45) is 1.27. The van der Waals surface area contributed by atoms with Crippen molar-refractivity contribution in [2.24, 2.45) is 5.92 Å². The van der Waals surface area contributed by atoms with Crippen molar-refractivity contribution in [1.82, 2.24) is 4.90 Å². The molecule has 0 saturated heterocycles. The molecule has 0 spiro atoms. The molecule has 18 heavy (non-hydrogen) atoms. The van der Waals surface area contributed by atoms with Crippen molar-refractivity contribution in [2.75, 3.05) is 31.5 Å². The summed E-state index contributed by atoms with van der Waals surface area (Å²) in [6.45, 7) is 11.6. The minimum atomic E-state index is 0.658. The van der Waals surface area contributed by atoms with E-state index >= 15 is 0 Å². The molecule has 2 heteroatoms. The van der Waals surface area contributed by atoms with Gasteiger partial charge in [0.05, 0.1) is 0 Å². The predicted molar refractivity (Wildman–Crippen MR) is 79.2 cm³/mol. The lowest BCUT2D eigenvalue weighted by Gasteiger charge is -2.26. The average molecular weight is 246 g/mol. The maximum absolute atomic E-state index is 3.52. The van der Waals surface area contributed by atoms with Gasteiger partial charge in [-0.1, -0.05) is 45.4 Å². The molecule has 2 atom stereocenters. The second kappa shape index (κ2) is 6.24. The van der Waals surface area contributed by atoms with E-state index in [1.165, 1.54) is 30.8 Å². The van der Waals surface area contributed by atoms with Crippen LogP contribution in [0.25, 0.3) is 0 Å². The number of para-hydroxylation sites is 1. The molecule has 0 radical (unpaired) electrons. The lowest BCUT2D eigenvalue weighted by Crippen LogP contribution is -2.33. The SMILES string of the molecule is CCC(C)CN(CC)CC1CNc2ccccc21. The number of nitrogens with zero attached hydrogens (tertiary/aromatic N) is 1. The summed E-state index contributed by atoms with van der Waals surface area (Å²) in [5, 5.41) is 3.52. The second-order valence-electron chi connectivity index (χ2n) is 5.53. The Balaban J connectivity index is 1.97. The largest absolute Gasteiger partial charge is 0.384 e. The van der Waals surface area contributed by atoms with Gasteiger partial charge in [0.2, 0.25) is 0 Å². The number of hydrogen-bond acceptors (Lipinski definition) is 2. The highest BCUT2D eigenvalue weighted by Crippen LogP contribution is 2.31. The van der Waals surface area contributed by atoms with E-state index in [-0.39, 0.29) is 0 Å². The van der Waals surface area contributed by atoms with Crippen LogP contribution in [0.15, 0.2) is 24.3 Å². The van der Waals surface area contributed by atoms with E-state index in [2.05, 4.69) is 55.3 Å². The zero-order chi connectivity index (χ0) is 13.0. The Bertz CT molecular complexity index is 375. The van der Waals surface area contributed by atoms with Crippen molar-refractivity contribution < 1.29 is 0 Å². The van der Waals surface area contributed by atoms with Crippen molar-refractivity contribution in [1.29, 1.82) is 0 Å². The fourth-order valence-electron chi connectivity index (χ4n) is 2.73. The summed E-state index contributed by atoms with van der Waals surface area (Å²) < 4.78 is 0. The number of likely N-dealkylation sites (N-methyl/N-ethyl adjacent to an activating group) is 1. The normalized spacial score (nSPS) is 19.7. The smallest absolute Gasteiger partial charge is 0.0376 e. The molecular formula is C16H26N2. The van der Waals surface area contributed by atoms with Crippen LogP contribution in [-0.2, 0) is 0 Å². The van der Waals surface area contributed by atoms with Crippen LogP contribution in [-0.4, -0.2) is 31.1 Å². The van der Waals surface area contributed by atoms with Gasteiger partial charge in [0.1, 0.15) is 0 Å². The first-order valence-corrected chi connectivity index (χ1v) is 7.29. The van der Waals surface area contributed by atoms with Gasteiger partial charge in [0.25, 0.3) is 0 Å². The Kier molecular flexibility index (Phi) is 4.65. The van der Waals surface area contributed by atoms with Crippen LogP contribution in [0.5, 0.6) is 0 Å². The number of benzene rings is 1. The minimum absolute atomic E-state index is 0.658. The summed E-state index contributed by atoms with van der Waals surface area (Å²) in [6, 6.07) is 8.74. The molecule has 1 heterocycles. The Hall–Kier alpha value is -1.02. The first-order valence-electron chi connectivity index (χ1n) is 7.29. The molecule has 2 nitrogen and oxygen atoms in total. The highest BCUT2D eigenvalue weighted by molar-refractivity contribution is 5.57. The molecule has 0 fully saturated rings. The Morgan fingerprint density at radius 1 is 1.33 bits per heavy atom. The van der Waals surface area contributed by atoms with Crippen LogP contribution in [0.1, 0.15) is 38.7 Å². The number of rotatable bonds is 6. The van der Waals surface area contributed by atoms with E-state index in [0.29, 0.717) is 5.92 Å². The number of fused-ring (bicyclic) bond motifs is 1. The van der Waals surface area contributed by atoms with Gasteiger partial charge >= 0.3 is 0 Å². The third kappa shape index (κ3) is 3.05. The molecule has 1 aromatic rings. The van der Waals surface area contributed by atoms with E-state index in [1.54, 1.807) is 0 Å². The zero-order valence-corrected chi connectivity index (χ0v) is 11.9. The molecule has 0 bridgehead atoms. The average Bonchev–Trinajstić information content (AvgIpc) is 2.81. The Morgan fingerprint density at radius 2 is 2.11 bits per heavy atom. The quantitative estimate of drug-likeness (QED) is 0.825. The van der Waals surface area contributed by atoms with Crippen LogP contribution in [0, 0.1) is 5.92 Å². The van der Waals surface area contributed by atoms with Crippen molar-refractivity contribution in [3.63, 3.8) is 0 Å². The van der Waals surface area contributed by atoms with Gasteiger partial charge < -0.3 is 10.2 Å². The number of anilines is 1. The molecule has 100 valence electrons. The van der Waals surface area contributed by atoms with Crippen LogP contribution in [0.3, 0.4) is 0 Å². The third-order valence-electron chi connectivity index (χ3n) is 4.13. The summed E-state index contributed by atoms with van der Waals surface area (Å²) in [4.78, 5) is 2.60. The van der Waals surface area contributed by atoms with E-state index in [9.17, 15) is 0 Å². The molecule has 0 aliphatic carbocycles. The van der Waals surface area contributed by atoms with Gasteiger partial charge in [0.15, 0.2) is 0 Å². The summed E-state index contributed by atoms with van der Waals surface area (Å²) in [5.74, 6) is 1.46. The van der Waals surface area contributed by atoms with E-state index in [1.807, 2.05) is 0 Å². The van der Waals surface area contributed by atoms with Crippen LogP contribution < -0.4 is 5.32 Å². The van der Waals surface area contributed by atoms with Gasteiger partial charge in [-0.15, -0.1) is 0 Å². The van der Waals surface area contributed by atoms with Crippen molar-refractivity contribution in [2.45, 2.75) is 33.1 Å². The van der Waals surface area contributed by atoms with Gasteiger partial charge in [0, 0.05) is 31.2 Å². The summed E-state index contributed by atoms with van der Waals surface area (Å²) >= 11 is 0. The molecule has 1 N–H and O–H groups in total. The van der Waals surface area contributed by atoms with Crippen molar-refractivity contribution in [3.8, 4) is 0 Å². The maximum atomic E-state index is 3.52. The van der Waals surface area contributed by atoms with Gasteiger partial charge in [-0.2, -0.15) is 0 Å². The Labute approximate surface area is 111 Å². The standard InChI is InChI=1S/C16H26N2/c1-4-13(3)11-18(5-2)12-14-10-17-16-9-7-6-8-15(14)16/h6-9,13-14,17H,4-5,10-12H2,1-3H3. The fourth-order valence-corrected chi connectivity index (χ4v) is 2.73. The molecule has 0 amide bonds. The highest BCUT2D eigenvalue weighted by Gasteiger charge is 2.23. The molecule has 2 rings (SSSR count). The van der Waals surface area contributed by atoms with Crippen LogP contribution in [0.2, 0.25) is 0 Å². The first kappa shape index (κ1) is 13.4. The molecule has 0 saturated carbocycles. The van der Waals surface area contributed by atoms with Gasteiger partial charge in [-0.3, -0.25) is 0 Å². The molecule has 2 unspecified atom stereocenters. The van der Waals surface area contributed by atoms with Gasteiger partial charge in [-0.25, -0.2) is 0 Å². The third-order valence-corrected chi connectivity index (χ3v) is 4.13. The molecule has 0 aromatic heterocycles. The van der Waals surface area contributed by atoms with E-state index in [4.69, 9.17) is 0 Å². The lowest BCUT2D eigenvalue weighted by atomic mass is 10.00. The highest BCUT2D eigenvalue weighted by atomic mass is 15.1. The monoisotopic (exact) mass is 246 g/mol. The zero-order valence-electron chi connectivity index (χ0n) is 11.9. The van der Waals surface area contributed by atoms with Crippen LogP contribution in [0.4, 0.5) is 5.69 Å². The van der Waals surface area contributed by atoms with Crippen LogP contribution >= 0.6 is 0 Å². The fraction of sp³-hybridized carbons (Fsp3) is 0.625. The summed E-state index contributed by atoms with van der Waals surface area (Å²) in [7, 11) is 0. The minimum Gasteiger partial charge on any atom is -0.384 e. The summed E-state index contributed by atoms with van der Waals surface area (Å²) in [5.41, 5.74) is 2.84. The number of nitrogens with one attached hydrogen (secondary N) is 1. The first-order chi connectivity index (χ1) is 8.74. The molecule has 1 aliphatic heterocycles. The van der Waals surface area contributed by atoms with Crippen molar-refractivity contribution in [3.05, 3.63) is 29.8 Å². The molecule has 1 aromatic carbocycles. The maximum Gasteiger partial charge on any atom is 0.0376 e. The predicted octanol–water partition coefficient (Wildman–Crippen LogP) is 3.56. The van der Waals surface area contributed by atoms with Gasteiger partial charge in [-0.05, 0) is 24.1 Å². The molecule has 1 aliphatic rings.